The number of rotatable bonds is 4. The van der Waals surface area contributed by atoms with Crippen molar-refractivity contribution < 1.29 is 14.3 Å². The lowest BCUT2D eigenvalue weighted by atomic mass is 9.97. The van der Waals surface area contributed by atoms with Crippen LogP contribution in [0.5, 0.6) is 0 Å². The van der Waals surface area contributed by atoms with Crippen LogP contribution < -0.4 is 0 Å². The maximum Gasteiger partial charge on any atom is 0.410 e. The maximum atomic E-state index is 12.5. The Bertz CT molecular complexity index is 805. The number of piperidine rings is 1. The topological polar surface area (TPSA) is 42.0 Å². The number of ether oxygens (including phenoxy) is 2. The first-order chi connectivity index (χ1) is 14.7. The van der Waals surface area contributed by atoms with E-state index < -0.39 is 5.60 Å². The Morgan fingerprint density at radius 1 is 1.26 bits per heavy atom. The monoisotopic (exact) mass is 446 g/mol. The second-order valence-corrected chi connectivity index (χ2v) is 9.95. The molecule has 1 saturated heterocycles. The highest BCUT2D eigenvalue weighted by molar-refractivity contribution is 6.30. The highest BCUT2D eigenvalue weighted by Crippen LogP contribution is 2.27. The standard InChI is InChI=1S/C25H35ClN2O3/c1-6-23-18(2)16-28(22(17-30-23)15-19-7-9-20(26)10-8-19)21-11-13-27(14-12-21)24(29)31-25(3,4)5/h6-10,21-22H,1,11-17H2,2-5H3. The third-order valence-corrected chi connectivity index (χ3v) is 6.15. The van der Waals surface area contributed by atoms with Crippen LogP contribution in [0.3, 0.4) is 0 Å². The van der Waals surface area contributed by atoms with Crippen molar-refractivity contribution in [2.45, 2.75) is 64.6 Å². The van der Waals surface area contributed by atoms with Crippen molar-refractivity contribution in [3.63, 3.8) is 0 Å². The summed E-state index contributed by atoms with van der Waals surface area (Å²) >= 11 is 6.07. The number of nitrogens with zero attached hydrogens (tertiary/aromatic N) is 2. The Morgan fingerprint density at radius 3 is 2.48 bits per heavy atom. The molecule has 1 amide bonds. The Balaban J connectivity index is 1.71. The largest absolute Gasteiger partial charge is 0.492 e. The van der Waals surface area contributed by atoms with Gasteiger partial charge in [-0.3, -0.25) is 4.90 Å². The van der Waals surface area contributed by atoms with Crippen LogP contribution in [0.4, 0.5) is 4.79 Å². The van der Waals surface area contributed by atoms with Gasteiger partial charge >= 0.3 is 6.09 Å². The number of carbonyl (C=O) groups is 1. The van der Waals surface area contributed by atoms with Gasteiger partial charge in [-0.05, 0) is 76.3 Å². The van der Waals surface area contributed by atoms with Crippen molar-refractivity contribution in [3.05, 3.63) is 58.8 Å². The normalized spacial score (nSPS) is 21.5. The highest BCUT2D eigenvalue weighted by atomic mass is 35.5. The molecule has 2 heterocycles. The van der Waals surface area contributed by atoms with Gasteiger partial charge in [0.1, 0.15) is 18.0 Å². The molecule has 1 aromatic rings. The quantitative estimate of drug-likeness (QED) is 0.617. The molecule has 3 rings (SSSR count). The van der Waals surface area contributed by atoms with Crippen LogP contribution in [0.15, 0.2) is 48.3 Å². The van der Waals surface area contributed by atoms with Crippen molar-refractivity contribution in [2.75, 3.05) is 26.2 Å². The molecule has 2 aliphatic heterocycles. The number of benzene rings is 1. The lowest BCUT2D eigenvalue weighted by Crippen LogP contribution is -2.52. The maximum absolute atomic E-state index is 12.5. The minimum absolute atomic E-state index is 0.215. The van der Waals surface area contributed by atoms with Crippen LogP contribution in [0, 0.1) is 0 Å². The first-order valence-corrected chi connectivity index (χ1v) is 11.5. The zero-order valence-electron chi connectivity index (χ0n) is 19.2. The van der Waals surface area contributed by atoms with E-state index in [0.717, 1.165) is 36.6 Å². The summed E-state index contributed by atoms with van der Waals surface area (Å²) in [6.45, 7) is 14.6. The molecule has 5 nitrogen and oxygen atoms in total. The number of halogens is 1. The lowest BCUT2D eigenvalue weighted by Gasteiger charge is -2.41. The van der Waals surface area contributed by atoms with Crippen LogP contribution >= 0.6 is 11.6 Å². The van der Waals surface area contributed by atoms with Crippen LogP contribution in [-0.4, -0.2) is 59.8 Å². The third kappa shape index (κ3) is 6.50. The van der Waals surface area contributed by atoms with Crippen LogP contribution in [0.25, 0.3) is 0 Å². The molecule has 0 bridgehead atoms. The van der Waals surface area contributed by atoms with Crippen molar-refractivity contribution in [2.24, 2.45) is 0 Å². The van der Waals surface area contributed by atoms with Crippen molar-refractivity contribution in [1.82, 2.24) is 9.80 Å². The van der Waals surface area contributed by atoms with E-state index in [1.807, 2.05) is 43.9 Å². The summed E-state index contributed by atoms with van der Waals surface area (Å²) in [7, 11) is 0. The molecular weight excluding hydrogens is 412 g/mol. The van der Waals surface area contributed by atoms with Gasteiger partial charge in [0, 0.05) is 36.7 Å². The van der Waals surface area contributed by atoms with E-state index in [4.69, 9.17) is 21.1 Å². The van der Waals surface area contributed by atoms with E-state index >= 15 is 0 Å². The van der Waals surface area contributed by atoms with E-state index in [1.54, 1.807) is 0 Å². The summed E-state index contributed by atoms with van der Waals surface area (Å²) in [5.74, 6) is 0.884. The minimum Gasteiger partial charge on any atom is -0.492 e. The zero-order valence-corrected chi connectivity index (χ0v) is 20.0. The van der Waals surface area contributed by atoms with Gasteiger partial charge in [0.2, 0.25) is 0 Å². The summed E-state index contributed by atoms with van der Waals surface area (Å²) < 4.78 is 11.7. The Hall–Kier alpha value is -1.98. The molecular formula is C25H35ClN2O3. The Labute approximate surface area is 191 Å². The fourth-order valence-corrected chi connectivity index (χ4v) is 4.45. The molecule has 1 fully saturated rings. The number of amides is 1. The van der Waals surface area contributed by atoms with Crippen molar-refractivity contribution in [1.29, 1.82) is 0 Å². The summed E-state index contributed by atoms with van der Waals surface area (Å²) in [6.07, 6.45) is 4.33. The molecule has 0 aromatic heterocycles. The van der Waals surface area contributed by atoms with E-state index in [-0.39, 0.29) is 12.1 Å². The van der Waals surface area contributed by atoms with Gasteiger partial charge in [0.05, 0.1) is 0 Å². The van der Waals surface area contributed by atoms with E-state index in [0.29, 0.717) is 25.7 Å². The molecule has 1 aromatic carbocycles. The van der Waals surface area contributed by atoms with Gasteiger partial charge in [0.25, 0.3) is 0 Å². The fraction of sp³-hybridized carbons (Fsp3) is 0.560. The number of hydrogen-bond acceptors (Lipinski definition) is 4. The van der Waals surface area contributed by atoms with Crippen LogP contribution in [0.1, 0.15) is 46.1 Å². The molecule has 2 aliphatic rings. The number of hydrogen-bond donors (Lipinski definition) is 0. The molecule has 0 N–H and O–H groups in total. The number of likely N-dealkylation sites (tertiary alicyclic amines) is 1. The summed E-state index contributed by atoms with van der Waals surface area (Å²) in [5, 5.41) is 0.749. The van der Waals surface area contributed by atoms with Gasteiger partial charge in [-0.2, -0.15) is 0 Å². The second-order valence-electron chi connectivity index (χ2n) is 9.52. The van der Waals surface area contributed by atoms with Crippen molar-refractivity contribution >= 4 is 17.7 Å². The molecule has 6 heteroatoms. The molecule has 170 valence electrons. The molecule has 0 spiro atoms. The first-order valence-electron chi connectivity index (χ1n) is 11.1. The average molecular weight is 447 g/mol. The molecule has 1 unspecified atom stereocenters. The van der Waals surface area contributed by atoms with Gasteiger partial charge in [-0.25, -0.2) is 4.79 Å². The fourth-order valence-electron chi connectivity index (χ4n) is 4.32. The zero-order chi connectivity index (χ0) is 22.6. The summed E-state index contributed by atoms with van der Waals surface area (Å²) in [5.41, 5.74) is 1.97. The average Bonchev–Trinajstić information content (AvgIpc) is 2.87. The van der Waals surface area contributed by atoms with Crippen LogP contribution in [-0.2, 0) is 15.9 Å². The Morgan fingerprint density at radius 2 is 1.90 bits per heavy atom. The minimum atomic E-state index is -0.470. The van der Waals surface area contributed by atoms with Gasteiger partial charge in [-0.1, -0.05) is 30.3 Å². The second kappa shape index (κ2) is 10.1. The summed E-state index contributed by atoms with van der Waals surface area (Å²) in [6, 6.07) is 8.69. The van der Waals surface area contributed by atoms with Crippen LogP contribution in [0.2, 0.25) is 5.02 Å². The smallest absolute Gasteiger partial charge is 0.410 e. The van der Waals surface area contributed by atoms with Gasteiger partial charge < -0.3 is 14.4 Å². The van der Waals surface area contributed by atoms with E-state index in [2.05, 4.69) is 30.5 Å². The third-order valence-electron chi connectivity index (χ3n) is 5.90. The SMILES string of the molecule is C=CC1=C(C)CN(C2CCN(C(=O)OC(C)(C)C)CC2)C(Cc2ccc(Cl)cc2)CO1. The Kier molecular flexibility index (Phi) is 7.71. The van der Waals surface area contributed by atoms with E-state index in [9.17, 15) is 4.79 Å². The predicted molar refractivity (Wildman–Crippen MR) is 125 cm³/mol. The number of carbonyl (C=O) groups excluding carboxylic acids is 1. The molecule has 31 heavy (non-hydrogen) atoms. The van der Waals surface area contributed by atoms with Gasteiger partial charge in [0.15, 0.2) is 0 Å². The van der Waals surface area contributed by atoms with Gasteiger partial charge in [-0.15, -0.1) is 0 Å². The summed E-state index contributed by atoms with van der Waals surface area (Å²) in [4.78, 5) is 16.9. The molecule has 0 radical (unpaired) electrons. The molecule has 1 atom stereocenters. The highest BCUT2D eigenvalue weighted by Gasteiger charge is 2.34. The van der Waals surface area contributed by atoms with Crippen molar-refractivity contribution in [3.8, 4) is 0 Å². The first kappa shape index (κ1) is 23.7. The predicted octanol–water partition coefficient (Wildman–Crippen LogP) is 5.44. The molecule has 0 aliphatic carbocycles. The molecule has 0 saturated carbocycles. The van der Waals surface area contributed by atoms with E-state index in [1.165, 1.54) is 11.1 Å². The lowest BCUT2D eigenvalue weighted by molar-refractivity contribution is 0.00917. The number of allylic oxidation sites excluding steroid dienone is 1.